The first-order chi connectivity index (χ1) is 12.7. The summed E-state index contributed by atoms with van der Waals surface area (Å²) in [6.45, 7) is 10.7. The van der Waals surface area contributed by atoms with Crippen molar-refractivity contribution >= 4 is 32.6 Å². The zero-order valence-corrected chi connectivity index (χ0v) is 17.3. The first-order valence-corrected chi connectivity index (χ1v) is 9.98. The van der Waals surface area contributed by atoms with Gasteiger partial charge < -0.3 is 4.74 Å². The molecular weight excluding hydrogens is 356 g/mol. The van der Waals surface area contributed by atoms with Gasteiger partial charge in [-0.3, -0.25) is 10.1 Å². The number of carbonyl (C=O) groups is 1. The first kappa shape index (κ1) is 19.4. The molecule has 1 N–H and O–H groups in total. The minimum atomic E-state index is -0.205. The molecular formula is C22H26N2O2S. The van der Waals surface area contributed by atoms with Gasteiger partial charge in [0.2, 0.25) is 0 Å². The average molecular weight is 383 g/mol. The van der Waals surface area contributed by atoms with Gasteiger partial charge in [0.05, 0.1) is 10.2 Å². The Kier molecular flexibility index (Phi) is 5.51. The molecule has 3 rings (SSSR count). The fraction of sp³-hybridized carbons (Fsp3) is 0.364. The van der Waals surface area contributed by atoms with Crippen molar-refractivity contribution in [3.05, 3.63) is 53.6 Å². The van der Waals surface area contributed by atoms with Gasteiger partial charge in [-0.1, -0.05) is 70.2 Å². The molecule has 0 unspecified atom stereocenters. The SMILES string of the molecule is CC(C)c1ccccc1OCC(=O)Nc1nc2ccc(C(C)(C)C)cc2s1. The zero-order chi connectivity index (χ0) is 19.6. The number of benzene rings is 2. The summed E-state index contributed by atoms with van der Waals surface area (Å²) < 4.78 is 6.81. The van der Waals surface area contributed by atoms with Crippen molar-refractivity contribution < 1.29 is 9.53 Å². The predicted octanol–water partition coefficient (Wildman–Crippen LogP) is 5.73. The Bertz CT molecular complexity index is 954. The van der Waals surface area contributed by atoms with Crippen LogP contribution < -0.4 is 10.1 Å². The molecule has 1 aromatic heterocycles. The quantitative estimate of drug-likeness (QED) is 0.612. The van der Waals surface area contributed by atoms with Crippen LogP contribution in [0.3, 0.4) is 0 Å². The number of rotatable bonds is 5. The van der Waals surface area contributed by atoms with Crippen molar-refractivity contribution in [3.63, 3.8) is 0 Å². The molecule has 0 aliphatic carbocycles. The lowest BCUT2D eigenvalue weighted by Crippen LogP contribution is -2.20. The Hall–Kier alpha value is -2.40. The Morgan fingerprint density at radius 2 is 1.93 bits per heavy atom. The van der Waals surface area contributed by atoms with Crippen molar-refractivity contribution in [1.82, 2.24) is 4.98 Å². The zero-order valence-electron chi connectivity index (χ0n) is 16.5. The molecule has 1 amide bonds. The first-order valence-electron chi connectivity index (χ1n) is 9.16. The molecule has 0 atom stereocenters. The minimum Gasteiger partial charge on any atom is -0.483 e. The normalized spacial score (nSPS) is 11.8. The van der Waals surface area contributed by atoms with Crippen molar-refractivity contribution in [2.75, 3.05) is 11.9 Å². The van der Waals surface area contributed by atoms with E-state index in [9.17, 15) is 4.79 Å². The number of anilines is 1. The summed E-state index contributed by atoms with van der Waals surface area (Å²) in [6, 6.07) is 14.1. The lowest BCUT2D eigenvalue weighted by molar-refractivity contribution is -0.118. The number of ether oxygens (including phenoxy) is 1. The van der Waals surface area contributed by atoms with Gasteiger partial charge in [0.15, 0.2) is 11.7 Å². The largest absolute Gasteiger partial charge is 0.483 e. The van der Waals surface area contributed by atoms with E-state index in [0.29, 0.717) is 11.0 Å². The van der Waals surface area contributed by atoms with Crippen LogP contribution in [0, 0.1) is 0 Å². The average Bonchev–Trinajstić information content (AvgIpc) is 3.00. The third kappa shape index (κ3) is 4.66. The van der Waals surface area contributed by atoms with Crippen LogP contribution in [-0.2, 0) is 10.2 Å². The van der Waals surface area contributed by atoms with Gasteiger partial charge in [-0.25, -0.2) is 4.98 Å². The standard InChI is InChI=1S/C22H26N2O2S/c1-14(2)16-8-6-7-9-18(16)26-13-20(25)24-21-23-17-11-10-15(22(3,4)5)12-19(17)27-21/h6-12,14H,13H2,1-5H3,(H,23,24,25). The van der Waals surface area contributed by atoms with E-state index in [1.807, 2.05) is 30.3 Å². The molecule has 5 heteroatoms. The van der Waals surface area contributed by atoms with Gasteiger partial charge in [-0.05, 0) is 40.7 Å². The number of amides is 1. The summed E-state index contributed by atoms with van der Waals surface area (Å²) in [4.78, 5) is 16.8. The molecule has 1 heterocycles. The molecule has 0 radical (unpaired) electrons. The Labute approximate surface area is 164 Å². The fourth-order valence-electron chi connectivity index (χ4n) is 2.83. The number of nitrogens with zero attached hydrogens (tertiary/aromatic N) is 1. The summed E-state index contributed by atoms with van der Waals surface area (Å²) in [7, 11) is 0. The number of thiazole rings is 1. The molecule has 0 saturated heterocycles. The van der Waals surface area contributed by atoms with Gasteiger partial charge in [0.25, 0.3) is 5.91 Å². The molecule has 0 spiro atoms. The molecule has 0 fully saturated rings. The van der Waals surface area contributed by atoms with Crippen LogP contribution in [0.25, 0.3) is 10.2 Å². The fourth-order valence-corrected chi connectivity index (χ4v) is 3.75. The van der Waals surface area contributed by atoms with Crippen molar-refractivity contribution in [2.45, 2.75) is 46.0 Å². The molecule has 0 aliphatic heterocycles. The number of carbonyl (C=O) groups excluding carboxylic acids is 1. The topological polar surface area (TPSA) is 51.2 Å². The highest BCUT2D eigenvalue weighted by Crippen LogP contribution is 2.31. The van der Waals surface area contributed by atoms with E-state index >= 15 is 0 Å². The van der Waals surface area contributed by atoms with E-state index < -0.39 is 0 Å². The maximum atomic E-state index is 12.3. The van der Waals surface area contributed by atoms with E-state index in [2.05, 4.69) is 57.1 Å². The molecule has 142 valence electrons. The lowest BCUT2D eigenvalue weighted by atomic mass is 9.87. The second-order valence-electron chi connectivity index (χ2n) is 7.98. The van der Waals surface area contributed by atoms with E-state index in [4.69, 9.17) is 4.74 Å². The highest BCUT2D eigenvalue weighted by Gasteiger charge is 2.16. The minimum absolute atomic E-state index is 0.0348. The van der Waals surface area contributed by atoms with Crippen LogP contribution in [0.1, 0.15) is 51.7 Å². The van der Waals surface area contributed by atoms with E-state index in [1.54, 1.807) is 0 Å². The lowest BCUT2D eigenvalue weighted by Gasteiger charge is -2.18. The molecule has 0 saturated carbocycles. The van der Waals surface area contributed by atoms with Crippen LogP contribution in [0.5, 0.6) is 5.75 Å². The van der Waals surface area contributed by atoms with Gasteiger partial charge >= 0.3 is 0 Å². The van der Waals surface area contributed by atoms with Gasteiger partial charge in [-0.15, -0.1) is 0 Å². The monoisotopic (exact) mass is 382 g/mol. The molecule has 3 aromatic rings. The number of para-hydroxylation sites is 1. The second kappa shape index (κ2) is 7.69. The predicted molar refractivity (Wildman–Crippen MR) is 113 cm³/mol. The maximum absolute atomic E-state index is 12.3. The Morgan fingerprint density at radius 1 is 1.19 bits per heavy atom. The van der Waals surface area contributed by atoms with E-state index in [-0.39, 0.29) is 17.9 Å². The van der Waals surface area contributed by atoms with Crippen LogP contribution in [-0.4, -0.2) is 17.5 Å². The molecule has 4 nitrogen and oxygen atoms in total. The van der Waals surface area contributed by atoms with Crippen molar-refractivity contribution in [3.8, 4) is 5.75 Å². The number of hydrogen-bond acceptors (Lipinski definition) is 4. The van der Waals surface area contributed by atoms with Gasteiger partial charge in [0, 0.05) is 0 Å². The Morgan fingerprint density at radius 3 is 2.63 bits per heavy atom. The third-order valence-electron chi connectivity index (χ3n) is 4.40. The smallest absolute Gasteiger partial charge is 0.264 e. The molecule has 0 bridgehead atoms. The van der Waals surface area contributed by atoms with Crippen LogP contribution >= 0.6 is 11.3 Å². The summed E-state index contributed by atoms with van der Waals surface area (Å²) in [6.07, 6.45) is 0. The highest BCUT2D eigenvalue weighted by molar-refractivity contribution is 7.22. The molecule has 27 heavy (non-hydrogen) atoms. The summed E-state index contributed by atoms with van der Waals surface area (Å²) in [5, 5.41) is 3.45. The number of hydrogen-bond donors (Lipinski definition) is 1. The van der Waals surface area contributed by atoms with E-state index in [0.717, 1.165) is 21.5 Å². The Balaban J connectivity index is 1.68. The third-order valence-corrected chi connectivity index (χ3v) is 5.33. The second-order valence-corrected chi connectivity index (χ2v) is 9.01. The number of nitrogens with one attached hydrogen (secondary N) is 1. The molecule has 2 aromatic carbocycles. The number of aromatic nitrogens is 1. The van der Waals surface area contributed by atoms with Crippen LogP contribution in [0.2, 0.25) is 0 Å². The summed E-state index contributed by atoms with van der Waals surface area (Å²) in [5.74, 6) is 0.885. The van der Waals surface area contributed by atoms with Crippen LogP contribution in [0.15, 0.2) is 42.5 Å². The maximum Gasteiger partial charge on any atom is 0.264 e. The molecule has 0 aliphatic rings. The summed E-state index contributed by atoms with van der Waals surface area (Å²) in [5.41, 5.74) is 3.33. The van der Waals surface area contributed by atoms with Crippen molar-refractivity contribution in [2.24, 2.45) is 0 Å². The van der Waals surface area contributed by atoms with Gasteiger partial charge in [-0.2, -0.15) is 0 Å². The highest BCUT2D eigenvalue weighted by atomic mass is 32.1. The van der Waals surface area contributed by atoms with E-state index in [1.165, 1.54) is 16.9 Å². The summed E-state index contributed by atoms with van der Waals surface area (Å²) >= 11 is 1.49. The van der Waals surface area contributed by atoms with Gasteiger partial charge in [0.1, 0.15) is 5.75 Å². The van der Waals surface area contributed by atoms with Crippen LogP contribution in [0.4, 0.5) is 5.13 Å². The van der Waals surface area contributed by atoms with Crippen molar-refractivity contribution in [1.29, 1.82) is 0 Å². The number of fused-ring (bicyclic) bond motifs is 1.